The van der Waals surface area contributed by atoms with Crippen molar-refractivity contribution < 1.29 is 9.90 Å². The molecule has 0 atom stereocenters. The van der Waals surface area contributed by atoms with Gasteiger partial charge in [0.1, 0.15) is 4.60 Å². The summed E-state index contributed by atoms with van der Waals surface area (Å²) >= 11 is 3.23. The first-order chi connectivity index (χ1) is 7.40. The monoisotopic (exact) mass is 286 g/mol. The zero-order chi connectivity index (χ0) is 12.3. The number of rotatable bonds is 3. The van der Waals surface area contributed by atoms with Gasteiger partial charge in [0.05, 0.1) is 17.7 Å². The molecule has 1 heterocycles. The van der Waals surface area contributed by atoms with Crippen LogP contribution in [0.15, 0.2) is 22.9 Å². The van der Waals surface area contributed by atoms with Gasteiger partial charge in [0.25, 0.3) is 5.91 Å². The lowest BCUT2D eigenvalue weighted by Crippen LogP contribution is -2.47. The summed E-state index contributed by atoms with van der Waals surface area (Å²) in [7, 11) is 1.66. The van der Waals surface area contributed by atoms with Crippen molar-refractivity contribution in [3.8, 4) is 0 Å². The largest absolute Gasteiger partial charge is 0.394 e. The van der Waals surface area contributed by atoms with Crippen molar-refractivity contribution in [3.05, 3.63) is 28.5 Å². The third-order valence-corrected chi connectivity index (χ3v) is 3.22. The van der Waals surface area contributed by atoms with Gasteiger partial charge in [-0.2, -0.15) is 0 Å². The minimum atomic E-state index is -0.591. The molecule has 0 aliphatic rings. The number of aromatic nitrogens is 1. The van der Waals surface area contributed by atoms with Crippen molar-refractivity contribution in [1.82, 2.24) is 9.88 Å². The summed E-state index contributed by atoms with van der Waals surface area (Å²) in [6.07, 6.45) is 1.61. The van der Waals surface area contributed by atoms with E-state index in [9.17, 15) is 9.90 Å². The Kier molecular flexibility index (Phi) is 4.04. The molecule has 88 valence electrons. The van der Waals surface area contributed by atoms with Gasteiger partial charge in [0.2, 0.25) is 0 Å². The molecule has 0 bridgehead atoms. The third-order valence-electron chi connectivity index (χ3n) is 2.59. The fraction of sp³-hybridized carbons (Fsp3) is 0.455. The molecule has 1 N–H and O–H groups in total. The number of hydrogen-bond donors (Lipinski definition) is 1. The van der Waals surface area contributed by atoms with E-state index in [1.165, 1.54) is 4.90 Å². The molecular weight excluding hydrogens is 272 g/mol. The third kappa shape index (κ3) is 2.59. The summed E-state index contributed by atoms with van der Waals surface area (Å²) in [5, 5.41) is 9.21. The second-order valence-electron chi connectivity index (χ2n) is 4.18. The summed E-state index contributed by atoms with van der Waals surface area (Å²) in [6, 6.07) is 3.40. The molecule has 1 aromatic rings. The quantitative estimate of drug-likeness (QED) is 0.861. The normalized spacial score (nSPS) is 11.3. The number of pyridine rings is 1. The lowest BCUT2D eigenvalue weighted by molar-refractivity contribution is 0.0472. The molecule has 1 aromatic heterocycles. The molecule has 0 radical (unpaired) electrons. The van der Waals surface area contributed by atoms with Gasteiger partial charge in [-0.3, -0.25) is 4.79 Å². The average Bonchev–Trinajstić information content (AvgIpc) is 2.27. The Bertz CT molecular complexity index is 393. The Morgan fingerprint density at radius 2 is 2.25 bits per heavy atom. The van der Waals surface area contributed by atoms with E-state index >= 15 is 0 Å². The summed E-state index contributed by atoms with van der Waals surface area (Å²) < 4.78 is 0.514. The number of aliphatic hydroxyl groups excluding tert-OH is 1. The van der Waals surface area contributed by atoms with Crippen molar-refractivity contribution in [3.63, 3.8) is 0 Å². The van der Waals surface area contributed by atoms with Crippen molar-refractivity contribution in [2.75, 3.05) is 13.7 Å². The number of hydrogen-bond acceptors (Lipinski definition) is 3. The van der Waals surface area contributed by atoms with Crippen LogP contribution in [-0.4, -0.2) is 40.1 Å². The van der Waals surface area contributed by atoms with Gasteiger partial charge in [-0.15, -0.1) is 0 Å². The number of aliphatic hydroxyl groups is 1. The number of carbonyl (C=O) groups is 1. The molecule has 0 saturated carbocycles. The van der Waals surface area contributed by atoms with Gasteiger partial charge in [0.15, 0.2) is 0 Å². The summed E-state index contributed by atoms with van der Waals surface area (Å²) in [5.74, 6) is -0.168. The van der Waals surface area contributed by atoms with Gasteiger partial charge in [-0.1, -0.05) is 0 Å². The maximum Gasteiger partial charge on any atom is 0.256 e. The van der Waals surface area contributed by atoms with Crippen molar-refractivity contribution in [2.24, 2.45) is 0 Å². The van der Waals surface area contributed by atoms with Crippen LogP contribution < -0.4 is 0 Å². The number of likely N-dealkylation sites (N-methyl/N-ethyl adjacent to an activating group) is 1. The fourth-order valence-electron chi connectivity index (χ4n) is 1.11. The van der Waals surface area contributed by atoms with Crippen LogP contribution in [0.5, 0.6) is 0 Å². The summed E-state index contributed by atoms with van der Waals surface area (Å²) in [5.41, 5.74) is -0.0988. The highest BCUT2D eigenvalue weighted by atomic mass is 79.9. The minimum Gasteiger partial charge on any atom is -0.394 e. The molecule has 1 rings (SSSR count). The van der Waals surface area contributed by atoms with E-state index in [0.717, 1.165) is 0 Å². The highest BCUT2D eigenvalue weighted by molar-refractivity contribution is 9.10. The zero-order valence-electron chi connectivity index (χ0n) is 9.57. The first kappa shape index (κ1) is 13.1. The van der Waals surface area contributed by atoms with Crippen molar-refractivity contribution in [1.29, 1.82) is 0 Å². The first-order valence-electron chi connectivity index (χ1n) is 4.89. The van der Waals surface area contributed by atoms with Crippen LogP contribution >= 0.6 is 15.9 Å². The van der Waals surface area contributed by atoms with E-state index in [2.05, 4.69) is 20.9 Å². The van der Waals surface area contributed by atoms with E-state index in [1.54, 1.807) is 39.2 Å². The van der Waals surface area contributed by atoms with E-state index in [1.807, 2.05) is 0 Å². The van der Waals surface area contributed by atoms with Crippen LogP contribution in [0.1, 0.15) is 24.2 Å². The van der Waals surface area contributed by atoms with E-state index in [-0.39, 0.29) is 12.5 Å². The molecule has 5 heteroatoms. The maximum absolute atomic E-state index is 12.1. The fourth-order valence-corrected chi connectivity index (χ4v) is 1.53. The molecule has 16 heavy (non-hydrogen) atoms. The molecule has 0 aliphatic carbocycles. The Morgan fingerprint density at radius 1 is 1.62 bits per heavy atom. The molecule has 0 unspecified atom stereocenters. The molecule has 4 nitrogen and oxygen atoms in total. The van der Waals surface area contributed by atoms with E-state index in [0.29, 0.717) is 10.2 Å². The second-order valence-corrected chi connectivity index (χ2v) is 4.93. The Labute approximate surface area is 103 Å². The molecule has 0 spiro atoms. The van der Waals surface area contributed by atoms with Crippen LogP contribution in [0.3, 0.4) is 0 Å². The minimum absolute atomic E-state index is 0.0902. The van der Waals surface area contributed by atoms with Gasteiger partial charge >= 0.3 is 0 Å². The molecule has 0 saturated heterocycles. The molecule has 1 amide bonds. The lowest BCUT2D eigenvalue weighted by atomic mass is 10.0. The predicted octanol–water partition coefficient (Wildman–Crippen LogP) is 1.69. The molecule has 0 aliphatic heterocycles. The average molecular weight is 287 g/mol. The van der Waals surface area contributed by atoms with Crippen LogP contribution in [0.4, 0.5) is 0 Å². The van der Waals surface area contributed by atoms with Crippen molar-refractivity contribution >= 4 is 21.8 Å². The topological polar surface area (TPSA) is 53.4 Å². The van der Waals surface area contributed by atoms with Gasteiger partial charge in [0, 0.05) is 13.2 Å². The molecule has 0 fully saturated rings. The molecular formula is C11H15BrN2O2. The van der Waals surface area contributed by atoms with Crippen LogP contribution in [0, 0.1) is 0 Å². The van der Waals surface area contributed by atoms with Gasteiger partial charge in [-0.25, -0.2) is 4.98 Å². The van der Waals surface area contributed by atoms with E-state index < -0.39 is 5.54 Å². The van der Waals surface area contributed by atoms with Gasteiger partial charge < -0.3 is 10.0 Å². The second kappa shape index (κ2) is 4.93. The predicted molar refractivity (Wildman–Crippen MR) is 65.2 cm³/mol. The summed E-state index contributed by atoms with van der Waals surface area (Å²) in [4.78, 5) is 17.6. The van der Waals surface area contributed by atoms with Crippen LogP contribution in [-0.2, 0) is 0 Å². The highest BCUT2D eigenvalue weighted by Crippen LogP contribution is 2.19. The van der Waals surface area contributed by atoms with Gasteiger partial charge in [-0.05, 0) is 41.9 Å². The number of carbonyl (C=O) groups excluding carboxylic acids is 1. The number of halogens is 1. The smallest absolute Gasteiger partial charge is 0.256 e. The standard InChI is InChI=1S/C11H15BrN2O2/c1-11(2,7-15)14(3)10(16)8-5-4-6-13-9(8)12/h4-6,15H,7H2,1-3H3. The van der Waals surface area contributed by atoms with Crippen LogP contribution in [0.25, 0.3) is 0 Å². The SMILES string of the molecule is CN(C(=O)c1cccnc1Br)C(C)(C)CO. The number of nitrogens with zero attached hydrogens (tertiary/aromatic N) is 2. The van der Waals surface area contributed by atoms with Crippen molar-refractivity contribution in [2.45, 2.75) is 19.4 Å². The van der Waals surface area contributed by atoms with E-state index in [4.69, 9.17) is 0 Å². The molecule has 0 aromatic carbocycles. The Hall–Kier alpha value is -0.940. The first-order valence-corrected chi connectivity index (χ1v) is 5.69. The lowest BCUT2D eigenvalue weighted by Gasteiger charge is -2.34. The summed E-state index contributed by atoms with van der Waals surface area (Å²) in [6.45, 7) is 3.51. The Balaban J connectivity index is 3.00. The highest BCUT2D eigenvalue weighted by Gasteiger charge is 2.28. The number of amides is 1. The maximum atomic E-state index is 12.1. The Morgan fingerprint density at radius 3 is 2.75 bits per heavy atom. The zero-order valence-corrected chi connectivity index (χ0v) is 11.2. The van der Waals surface area contributed by atoms with Crippen LogP contribution in [0.2, 0.25) is 0 Å².